The van der Waals surface area contributed by atoms with Gasteiger partial charge in [0.15, 0.2) is 0 Å². The molecule has 0 bridgehead atoms. The minimum absolute atomic E-state index is 0.113. The molecule has 2 aromatic rings. The summed E-state index contributed by atoms with van der Waals surface area (Å²) in [7, 11) is 0. The number of hydrogen-bond acceptors (Lipinski definition) is 3. The van der Waals surface area contributed by atoms with Gasteiger partial charge in [0.2, 0.25) is 0 Å². The molecule has 20 heavy (non-hydrogen) atoms. The number of aromatic nitrogens is 1. The van der Waals surface area contributed by atoms with Crippen molar-refractivity contribution in [2.45, 2.75) is 38.1 Å². The number of anilines is 1. The van der Waals surface area contributed by atoms with E-state index in [-0.39, 0.29) is 11.5 Å². The molecule has 0 saturated carbocycles. The van der Waals surface area contributed by atoms with Crippen LogP contribution in [0.5, 0.6) is 0 Å². The standard InChI is InChI=1S/C17H23N3/c1-3-17(4-2,13-8-6-5-7-9-13)16(19)14-12-20-11-10-15(14)18/h5-12,16H,3-4,19H2,1-2H3,(H2,18,20). The average molecular weight is 269 g/mol. The fraction of sp³-hybridized carbons (Fsp3) is 0.353. The maximum Gasteiger partial charge on any atom is 0.0428 e. The Labute approximate surface area is 121 Å². The molecule has 2 rings (SSSR count). The molecule has 0 aliphatic rings. The Morgan fingerprint density at radius 2 is 1.75 bits per heavy atom. The number of rotatable bonds is 5. The lowest BCUT2D eigenvalue weighted by molar-refractivity contribution is 0.322. The molecule has 0 radical (unpaired) electrons. The highest BCUT2D eigenvalue weighted by Crippen LogP contribution is 2.42. The van der Waals surface area contributed by atoms with Crippen LogP contribution in [0.2, 0.25) is 0 Å². The van der Waals surface area contributed by atoms with Crippen LogP contribution in [0, 0.1) is 0 Å². The first-order valence-electron chi connectivity index (χ1n) is 7.16. The van der Waals surface area contributed by atoms with Crippen molar-refractivity contribution < 1.29 is 0 Å². The minimum Gasteiger partial charge on any atom is -0.398 e. The van der Waals surface area contributed by atoms with Crippen molar-refractivity contribution in [1.82, 2.24) is 4.98 Å². The first-order chi connectivity index (χ1) is 9.65. The third kappa shape index (κ3) is 2.41. The second-order valence-corrected chi connectivity index (χ2v) is 5.21. The average Bonchev–Trinajstić information content (AvgIpc) is 2.50. The third-order valence-corrected chi connectivity index (χ3v) is 4.43. The predicted octanol–water partition coefficient (Wildman–Crippen LogP) is 3.42. The highest BCUT2D eigenvalue weighted by molar-refractivity contribution is 5.48. The molecule has 0 aliphatic carbocycles. The molecule has 1 aromatic heterocycles. The topological polar surface area (TPSA) is 64.9 Å². The third-order valence-electron chi connectivity index (χ3n) is 4.43. The molecular formula is C17H23N3. The SMILES string of the molecule is CCC(CC)(c1ccccc1)C(N)c1cnccc1N. The van der Waals surface area contributed by atoms with E-state index in [4.69, 9.17) is 11.5 Å². The van der Waals surface area contributed by atoms with Crippen molar-refractivity contribution in [3.05, 3.63) is 59.9 Å². The normalized spacial score (nSPS) is 13.2. The first-order valence-corrected chi connectivity index (χ1v) is 7.16. The van der Waals surface area contributed by atoms with E-state index in [1.54, 1.807) is 12.4 Å². The molecule has 0 fully saturated rings. The number of nitrogen functional groups attached to an aromatic ring is 1. The number of pyridine rings is 1. The molecular weight excluding hydrogens is 246 g/mol. The number of hydrogen-bond donors (Lipinski definition) is 2. The van der Waals surface area contributed by atoms with E-state index in [9.17, 15) is 0 Å². The zero-order valence-corrected chi connectivity index (χ0v) is 12.2. The highest BCUT2D eigenvalue weighted by atomic mass is 14.8. The summed E-state index contributed by atoms with van der Waals surface area (Å²) >= 11 is 0. The molecule has 1 unspecified atom stereocenters. The second-order valence-electron chi connectivity index (χ2n) is 5.21. The van der Waals surface area contributed by atoms with E-state index >= 15 is 0 Å². The van der Waals surface area contributed by atoms with Crippen LogP contribution in [-0.2, 0) is 5.41 Å². The number of benzene rings is 1. The summed E-state index contributed by atoms with van der Waals surface area (Å²) in [6, 6.07) is 12.1. The molecule has 106 valence electrons. The van der Waals surface area contributed by atoms with E-state index in [0.717, 1.165) is 24.1 Å². The van der Waals surface area contributed by atoms with Crippen molar-refractivity contribution in [2.75, 3.05) is 5.73 Å². The Hall–Kier alpha value is -1.87. The van der Waals surface area contributed by atoms with Crippen LogP contribution in [0.15, 0.2) is 48.8 Å². The largest absolute Gasteiger partial charge is 0.398 e. The molecule has 4 N–H and O–H groups in total. The number of nitrogens with zero attached hydrogens (tertiary/aromatic N) is 1. The highest BCUT2D eigenvalue weighted by Gasteiger charge is 2.36. The van der Waals surface area contributed by atoms with Crippen LogP contribution >= 0.6 is 0 Å². The van der Waals surface area contributed by atoms with Gasteiger partial charge in [-0.05, 0) is 24.5 Å². The van der Waals surface area contributed by atoms with Gasteiger partial charge in [0, 0.05) is 35.1 Å². The quantitative estimate of drug-likeness (QED) is 0.874. The van der Waals surface area contributed by atoms with E-state index < -0.39 is 0 Å². The van der Waals surface area contributed by atoms with Crippen molar-refractivity contribution in [1.29, 1.82) is 0 Å². The van der Waals surface area contributed by atoms with E-state index in [2.05, 4.69) is 43.1 Å². The maximum absolute atomic E-state index is 6.61. The monoisotopic (exact) mass is 269 g/mol. The maximum atomic E-state index is 6.61. The van der Waals surface area contributed by atoms with Gasteiger partial charge in [-0.1, -0.05) is 44.2 Å². The Morgan fingerprint density at radius 3 is 2.30 bits per heavy atom. The van der Waals surface area contributed by atoms with E-state index in [0.29, 0.717) is 0 Å². The zero-order valence-electron chi connectivity index (χ0n) is 12.2. The van der Waals surface area contributed by atoms with Gasteiger partial charge >= 0.3 is 0 Å². The van der Waals surface area contributed by atoms with Crippen LogP contribution < -0.4 is 11.5 Å². The predicted molar refractivity (Wildman–Crippen MR) is 84.3 cm³/mol. The number of nitrogens with two attached hydrogens (primary N) is 2. The van der Waals surface area contributed by atoms with Crippen LogP contribution in [0.25, 0.3) is 0 Å². The van der Waals surface area contributed by atoms with Gasteiger partial charge in [0.25, 0.3) is 0 Å². The fourth-order valence-corrected chi connectivity index (χ4v) is 3.02. The van der Waals surface area contributed by atoms with Gasteiger partial charge in [-0.15, -0.1) is 0 Å². The lowest BCUT2D eigenvalue weighted by Crippen LogP contribution is -2.38. The smallest absolute Gasteiger partial charge is 0.0428 e. The van der Waals surface area contributed by atoms with Crippen molar-refractivity contribution in [3.63, 3.8) is 0 Å². The van der Waals surface area contributed by atoms with Crippen LogP contribution in [0.3, 0.4) is 0 Å². The molecule has 1 atom stereocenters. The Bertz CT molecular complexity index is 547. The van der Waals surface area contributed by atoms with Crippen LogP contribution in [0.4, 0.5) is 5.69 Å². The van der Waals surface area contributed by atoms with E-state index in [1.807, 2.05) is 12.1 Å². The van der Waals surface area contributed by atoms with Crippen LogP contribution in [0.1, 0.15) is 43.9 Å². The van der Waals surface area contributed by atoms with Gasteiger partial charge in [-0.3, -0.25) is 4.98 Å². The molecule has 1 heterocycles. The molecule has 3 nitrogen and oxygen atoms in total. The molecule has 0 saturated heterocycles. The second kappa shape index (κ2) is 6.06. The summed E-state index contributed by atoms with van der Waals surface area (Å²) in [6.45, 7) is 4.37. The Kier molecular flexibility index (Phi) is 4.40. The lowest BCUT2D eigenvalue weighted by Gasteiger charge is -2.38. The zero-order chi connectivity index (χ0) is 14.6. The first kappa shape index (κ1) is 14.5. The van der Waals surface area contributed by atoms with Gasteiger partial charge in [-0.2, -0.15) is 0 Å². The van der Waals surface area contributed by atoms with Gasteiger partial charge in [-0.25, -0.2) is 0 Å². The molecule has 0 aliphatic heterocycles. The molecule has 0 spiro atoms. The van der Waals surface area contributed by atoms with Crippen molar-refractivity contribution >= 4 is 5.69 Å². The van der Waals surface area contributed by atoms with Gasteiger partial charge < -0.3 is 11.5 Å². The minimum atomic E-state index is -0.159. The summed E-state index contributed by atoms with van der Waals surface area (Å²) in [4.78, 5) is 4.18. The van der Waals surface area contributed by atoms with E-state index in [1.165, 1.54) is 5.56 Å². The molecule has 1 aromatic carbocycles. The fourth-order valence-electron chi connectivity index (χ4n) is 3.02. The van der Waals surface area contributed by atoms with Gasteiger partial charge in [0.05, 0.1) is 0 Å². The summed E-state index contributed by atoms with van der Waals surface area (Å²) in [5, 5.41) is 0. The van der Waals surface area contributed by atoms with Crippen molar-refractivity contribution in [2.24, 2.45) is 5.73 Å². The van der Waals surface area contributed by atoms with Crippen molar-refractivity contribution in [3.8, 4) is 0 Å². The summed E-state index contributed by atoms with van der Waals surface area (Å²) in [6.07, 6.45) is 5.42. The molecule has 3 heteroatoms. The molecule has 0 amide bonds. The summed E-state index contributed by atoms with van der Waals surface area (Å²) in [5.41, 5.74) is 15.5. The van der Waals surface area contributed by atoms with Crippen LogP contribution in [-0.4, -0.2) is 4.98 Å². The lowest BCUT2D eigenvalue weighted by atomic mass is 9.68. The summed E-state index contributed by atoms with van der Waals surface area (Å²) in [5.74, 6) is 0. The Morgan fingerprint density at radius 1 is 1.10 bits per heavy atom. The summed E-state index contributed by atoms with van der Waals surface area (Å²) < 4.78 is 0. The van der Waals surface area contributed by atoms with Gasteiger partial charge in [0.1, 0.15) is 0 Å². The Balaban J connectivity index is 2.51.